The van der Waals surface area contributed by atoms with Crippen LogP contribution in [0.4, 0.5) is 5.69 Å². The van der Waals surface area contributed by atoms with Gasteiger partial charge in [0.15, 0.2) is 0 Å². The van der Waals surface area contributed by atoms with E-state index in [1.165, 1.54) is 5.56 Å². The van der Waals surface area contributed by atoms with Gasteiger partial charge in [0.1, 0.15) is 12.4 Å². The number of hydrogen-bond acceptors (Lipinski definition) is 4. The molecular formula is C22H29N3O2. The lowest BCUT2D eigenvalue weighted by Gasteiger charge is -2.34. The van der Waals surface area contributed by atoms with Crippen molar-refractivity contribution in [2.45, 2.75) is 13.3 Å². The van der Waals surface area contributed by atoms with E-state index in [9.17, 15) is 4.79 Å². The number of para-hydroxylation sites is 1. The normalized spacial score (nSPS) is 15.4. The van der Waals surface area contributed by atoms with E-state index in [0.29, 0.717) is 13.2 Å². The average molecular weight is 367 g/mol. The zero-order valence-electron chi connectivity index (χ0n) is 16.1. The van der Waals surface area contributed by atoms with Gasteiger partial charge in [0.25, 0.3) is 0 Å². The molecule has 5 nitrogen and oxygen atoms in total. The van der Waals surface area contributed by atoms with Crippen molar-refractivity contribution >= 4 is 11.6 Å². The molecular weight excluding hydrogens is 338 g/mol. The molecule has 1 amide bonds. The van der Waals surface area contributed by atoms with Gasteiger partial charge < -0.3 is 10.1 Å². The van der Waals surface area contributed by atoms with Crippen LogP contribution in [0.5, 0.6) is 5.75 Å². The van der Waals surface area contributed by atoms with Gasteiger partial charge in [0.05, 0.1) is 6.54 Å². The van der Waals surface area contributed by atoms with Gasteiger partial charge in [-0.2, -0.15) is 0 Å². The Morgan fingerprint density at radius 1 is 0.963 bits per heavy atom. The summed E-state index contributed by atoms with van der Waals surface area (Å²) in [7, 11) is 0. The summed E-state index contributed by atoms with van der Waals surface area (Å²) in [5.74, 6) is 0.972. The summed E-state index contributed by atoms with van der Waals surface area (Å²) in [5.41, 5.74) is 2.15. The van der Waals surface area contributed by atoms with Gasteiger partial charge in [-0.1, -0.05) is 37.3 Å². The first-order chi connectivity index (χ1) is 13.2. The number of rotatable bonds is 8. The molecule has 0 unspecified atom stereocenters. The van der Waals surface area contributed by atoms with Gasteiger partial charge in [-0.3, -0.25) is 14.6 Å². The van der Waals surface area contributed by atoms with Crippen molar-refractivity contribution in [2.24, 2.45) is 0 Å². The van der Waals surface area contributed by atoms with Crippen LogP contribution in [0.2, 0.25) is 0 Å². The molecule has 2 aromatic carbocycles. The second kappa shape index (κ2) is 10.1. The number of carbonyl (C=O) groups excluding carboxylic acids is 1. The number of benzene rings is 2. The molecule has 3 rings (SSSR count). The van der Waals surface area contributed by atoms with Crippen LogP contribution in [-0.4, -0.2) is 61.6 Å². The standard InChI is InChI=1S/C22H29N3O2/c1-2-19-8-10-20(11-9-19)23-22(26)18-25-14-12-24(13-15-25)16-17-27-21-6-4-3-5-7-21/h3-11H,2,12-18H2,1H3,(H,23,26). The summed E-state index contributed by atoms with van der Waals surface area (Å²) in [6.45, 7) is 7.94. The minimum absolute atomic E-state index is 0.0557. The first kappa shape index (κ1) is 19.4. The first-order valence-corrected chi connectivity index (χ1v) is 9.74. The fourth-order valence-electron chi connectivity index (χ4n) is 3.21. The second-order valence-corrected chi connectivity index (χ2v) is 6.88. The number of nitrogens with one attached hydrogen (secondary N) is 1. The van der Waals surface area contributed by atoms with E-state index in [4.69, 9.17) is 4.74 Å². The van der Waals surface area contributed by atoms with Crippen molar-refractivity contribution < 1.29 is 9.53 Å². The third-order valence-electron chi connectivity index (χ3n) is 4.90. The number of carbonyl (C=O) groups is 1. The maximum atomic E-state index is 12.3. The monoisotopic (exact) mass is 367 g/mol. The van der Waals surface area contributed by atoms with E-state index in [0.717, 1.165) is 50.6 Å². The molecule has 1 aliphatic rings. The largest absolute Gasteiger partial charge is 0.492 e. The molecule has 5 heteroatoms. The Kier molecular flexibility index (Phi) is 7.25. The Labute approximate surface area is 161 Å². The van der Waals surface area contributed by atoms with E-state index in [1.807, 2.05) is 42.5 Å². The molecule has 0 spiro atoms. The molecule has 1 heterocycles. The molecule has 1 aliphatic heterocycles. The second-order valence-electron chi connectivity index (χ2n) is 6.88. The van der Waals surface area contributed by atoms with Crippen LogP contribution >= 0.6 is 0 Å². The Morgan fingerprint density at radius 3 is 2.30 bits per heavy atom. The molecule has 1 fully saturated rings. The van der Waals surface area contributed by atoms with Crippen LogP contribution in [0.3, 0.4) is 0 Å². The third-order valence-corrected chi connectivity index (χ3v) is 4.90. The summed E-state index contributed by atoms with van der Waals surface area (Å²) in [6, 6.07) is 18.0. The van der Waals surface area contributed by atoms with E-state index in [1.54, 1.807) is 0 Å². The Morgan fingerprint density at radius 2 is 1.63 bits per heavy atom. The highest BCUT2D eigenvalue weighted by Gasteiger charge is 2.18. The lowest BCUT2D eigenvalue weighted by molar-refractivity contribution is -0.117. The van der Waals surface area contributed by atoms with Crippen molar-refractivity contribution in [2.75, 3.05) is 51.2 Å². The van der Waals surface area contributed by atoms with Crippen molar-refractivity contribution in [3.8, 4) is 5.75 Å². The van der Waals surface area contributed by atoms with Crippen LogP contribution in [0.15, 0.2) is 54.6 Å². The van der Waals surface area contributed by atoms with Gasteiger partial charge in [0.2, 0.25) is 5.91 Å². The lowest BCUT2D eigenvalue weighted by atomic mass is 10.1. The van der Waals surface area contributed by atoms with Crippen molar-refractivity contribution in [1.29, 1.82) is 0 Å². The minimum Gasteiger partial charge on any atom is -0.492 e. The molecule has 0 atom stereocenters. The number of piperazine rings is 1. The van der Waals surface area contributed by atoms with E-state index < -0.39 is 0 Å². The van der Waals surface area contributed by atoms with Crippen LogP contribution in [-0.2, 0) is 11.2 Å². The molecule has 1 N–H and O–H groups in total. The Balaban J connectivity index is 1.33. The Bertz CT molecular complexity index is 695. The van der Waals surface area contributed by atoms with Gasteiger partial charge in [-0.25, -0.2) is 0 Å². The molecule has 0 radical (unpaired) electrons. The summed E-state index contributed by atoms with van der Waals surface area (Å²) >= 11 is 0. The van der Waals surface area contributed by atoms with Gasteiger partial charge in [-0.15, -0.1) is 0 Å². The number of anilines is 1. The highest BCUT2D eigenvalue weighted by atomic mass is 16.5. The van der Waals surface area contributed by atoms with Gasteiger partial charge in [-0.05, 0) is 36.2 Å². The van der Waals surface area contributed by atoms with Crippen molar-refractivity contribution in [3.05, 3.63) is 60.2 Å². The van der Waals surface area contributed by atoms with Crippen LogP contribution in [0, 0.1) is 0 Å². The predicted octanol–water partition coefficient (Wildman–Crippen LogP) is 2.88. The van der Waals surface area contributed by atoms with E-state index in [2.05, 4.69) is 34.2 Å². The zero-order valence-corrected chi connectivity index (χ0v) is 16.1. The predicted molar refractivity (Wildman–Crippen MR) is 109 cm³/mol. The topological polar surface area (TPSA) is 44.8 Å². The first-order valence-electron chi connectivity index (χ1n) is 9.74. The smallest absolute Gasteiger partial charge is 0.238 e. The molecule has 0 saturated carbocycles. The molecule has 0 aliphatic carbocycles. The van der Waals surface area contributed by atoms with E-state index in [-0.39, 0.29) is 5.91 Å². The minimum atomic E-state index is 0.0557. The SMILES string of the molecule is CCc1ccc(NC(=O)CN2CCN(CCOc3ccccc3)CC2)cc1. The summed E-state index contributed by atoms with van der Waals surface area (Å²) in [4.78, 5) is 16.9. The van der Waals surface area contributed by atoms with Crippen molar-refractivity contribution in [1.82, 2.24) is 9.80 Å². The zero-order chi connectivity index (χ0) is 18.9. The molecule has 27 heavy (non-hydrogen) atoms. The molecule has 2 aromatic rings. The molecule has 0 aromatic heterocycles. The molecule has 1 saturated heterocycles. The number of ether oxygens (including phenoxy) is 1. The number of aryl methyl sites for hydroxylation is 1. The molecule has 0 bridgehead atoms. The number of hydrogen-bond donors (Lipinski definition) is 1. The average Bonchev–Trinajstić information content (AvgIpc) is 2.71. The van der Waals surface area contributed by atoms with Crippen LogP contribution < -0.4 is 10.1 Å². The quantitative estimate of drug-likeness (QED) is 0.779. The van der Waals surface area contributed by atoms with Crippen molar-refractivity contribution in [3.63, 3.8) is 0 Å². The summed E-state index contributed by atoms with van der Waals surface area (Å²) < 4.78 is 5.76. The Hall–Kier alpha value is -2.37. The fraction of sp³-hybridized carbons (Fsp3) is 0.409. The van der Waals surface area contributed by atoms with Gasteiger partial charge >= 0.3 is 0 Å². The summed E-state index contributed by atoms with van der Waals surface area (Å²) in [6.07, 6.45) is 1.01. The van der Waals surface area contributed by atoms with Crippen LogP contribution in [0.1, 0.15) is 12.5 Å². The molecule has 144 valence electrons. The highest BCUT2D eigenvalue weighted by molar-refractivity contribution is 5.92. The lowest BCUT2D eigenvalue weighted by Crippen LogP contribution is -2.49. The number of amides is 1. The highest BCUT2D eigenvalue weighted by Crippen LogP contribution is 2.11. The van der Waals surface area contributed by atoms with Gasteiger partial charge in [0, 0.05) is 38.4 Å². The number of nitrogens with zero attached hydrogens (tertiary/aromatic N) is 2. The summed E-state index contributed by atoms with van der Waals surface area (Å²) in [5, 5.41) is 2.99. The maximum Gasteiger partial charge on any atom is 0.238 e. The van der Waals surface area contributed by atoms with E-state index >= 15 is 0 Å². The fourth-order valence-corrected chi connectivity index (χ4v) is 3.21. The van der Waals surface area contributed by atoms with Crippen LogP contribution in [0.25, 0.3) is 0 Å². The maximum absolute atomic E-state index is 12.3. The third kappa shape index (κ3) is 6.38.